The molecule has 4 heteroatoms. The molecule has 0 saturated heterocycles. The maximum absolute atomic E-state index is 11.6. The van der Waals surface area contributed by atoms with Gasteiger partial charge in [0.05, 0.1) is 6.61 Å². The van der Waals surface area contributed by atoms with Crippen LogP contribution in [0.3, 0.4) is 0 Å². The summed E-state index contributed by atoms with van der Waals surface area (Å²) in [5.74, 6) is 1.79. The fourth-order valence-corrected chi connectivity index (χ4v) is 1.89. The van der Waals surface area contributed by atoms with E-state index in [-0.39, 0.29) is 12.5 Å². The third-order valence-electron chi connectivity index (χ3n) is 3.15. The first-order valence-electron chi connectivity index (χ1n) is 8.24. The number of ether oxygens (including phenoxy) is 2. The Morgan fingerprint density at radius 3 is 2.55 bits per heavy atom. The molecule has 0 radical (unpaired) electrons. The van der Waals surface area contributed by atoms with Crippen molar-refractivity contribution < 1.29 is 14.3 Å². The van der Waals surface area contributed by atoms with Gasteiger partial charge in [0.15, 0.2) is 6.61 Å². The van der Waals surface area contributed by atoms with Crippen molar-refractivity contribution in [3.63, 3.8) is 0 Å². The summed E-state index contributed by atoms with van der Waals surface area (Å²) in [5, 5.41) is 2.83. The minimum absolute atomic E-state index is 0.0344. The first-order valence-corrected chi connectivity index (χ1v) is 8.24. The molecule has 0 aromatic heterocycles. The fourth-order valence-electron chi connectivity index (χ4n) is 1.89. The molecule has 22 heavy (non-hydrogen) atoms. The lowest BCUT2D eigenvalue weighted by atomic mass is 10.2. The number of hydrogen-bond acceptors (Lipinski definition) is 3. The zero-order chi connectivity index (χ0) is 16.2. The van der Waals surface area contributed by atoms with Gasteiger partial charge in [0, 0.05) is 12.6 Å². The molecule has 0 saturated carbocycles. The normalized spacial score (nSPS) is 10.5. The SMILES string of the molecule is CCCCCCOc1cccc(OCC(=O)NCC(C)C)c1. The van der Waals surface area contributed by atoms with Gasteiger partial charge in [-0.05, 0) is 24.5 Å². The van der Waals surface area contributed by atoms with Crippen molar-refractivity contribution in [2.75, 3.05) is 19.8 Å². The molecule has 0 unspecified atom stereocenters. The Labute approximate surface area is 134 Å². The van der Waals surface area contributed by atoms with Crippen LogP contribution in [0.1, 0.15) is 46.5 Å². The van der Waals surface area contributed by atoms with Crippen molar-refractivity contribution in [3.05, 3.63) is 24.3 Å². The molecule has 1 rings (SSSR count). The topological polar surface area (TPSA) is 47.6 Å². The number of amides is 1. The Kier molecular flexibility index (Phi) is 9.12. The van der Waals surface area contributed by atoms with Crippen LogP contribution >= 0.6 is 0 Å². The molecule has 0 spiro atoms. The fraction of sp³-hybridized carbons (Fsp3) is 0.611. The third kappa shape index (κ3) is 8.55. The van der Waals surface area contributed by atoms with E-state index in [9.17, 15) is 4.79 Å². The summed E-state index contributed by atoms with van der Waals surface area (Å²) in [6.07, 6.45) is 4.74. The lowest BCUT2D eigenvalue weighted by Crippen LogP contribution is -2.31. The second-order valence-electron chi connectivity index (χ2n) is 5.87. The van der Waals surface area contributed by atoms with Gasteiger partial charge in [-0.15, -0.1) is 0 Å². The minimum atomic E-state index is -0.0976. The van der Waals surface area contributed by atoms with Gasteiger partial charge < -0.3 is 14.8 Å². The van der Waals surface area contributed by atoms with E-state index in [0.717, 1.165) is 18.8 Å². The van der Waals surface area contributed by atoms with Crippen LogP contribution in [0.5, 0.6) is 11.5 Å². The number of rotatable bonds is 11. The lowest BCUT2D eigenvalue weighted by Gasteiger charge is -2.10. The summed E-state index contributed by atoms with van der Waals surface area (Å²) < 4.78 is 11.2. The summed E-state index contributed by atoms with van der Waals surface area (Å²) in [6, 6.07) is 7.45. The Morgan fingerprint density at radius 2 is 1.86 bits per heavy atom. The first kappa shape index (κ1) is 18.3. The summed E-state index contributed by atoms with van der Waals surface area (Å²) in [4.78, 5) is 11.6. The van der Waals surface area contributed by atoms with Crippen molar-refractivity contribution in [3.8, 4) is 11.5 Å². The van der Waals surface area contributed by atoms with Gasteiger partial charge >= 0.3 is 0 Å². The van der Waals surface area contributed by atoms with Crippen molar-refractivity contribution in [1.82, 2.24) is 5.32 Å². The molecular formula is C18H29NO3. The second kappa shape index (κ2) is 10.9. The number of nitrogens with one attached hydrogen (secondary N) is 1. The number of carbonyl (C=O) groups is 1. The quantitative estimate of drug-likeness (QED) is 0.633. The van der Waals surface area contributed by atoms with Gasteiger partial charge in [-0.3, -0.25) is 4.79 Å². The average molecular weight is 307 g/mol. The van der Waals surface area contributed by atoms with Crippen molar-refractivity contribution in [1.29, 1.82) is 0 Å². The number of hydrogen-bond donors (Lipinski definition) is 1. The van der Waals surface area contributed by atoms with Crippen molar-refractivity contribution >= 4 is 5.91 Å². The molecule has 0 fully saturated rings. The molecule has 124 valence electrons. The highest BCUT2D eigenvalue weighted by Gasteiger charge is 2.04. The number of unbranched alkanes of at least 4 members (excludes halogenated alkanes) is 3. The third-order valence-corrected chi connectivity index (χ3v) is 3.15. The van der Waals surface area contributed by atoms with E-state index in [1.807, 2.05) is 24.3 Å². The van der Waals surface area contributed by atoms with Gasteiger partial charge in [0.1, 0.15) is 11.5 Å². The Bertz CT molecular complexity index is 432. The van der Waals surface area contributed by atoms with E-state index >= 15 is 0 Å². The molecule has 0 atom stereocenters. The van der Waals surface area contributed by atoms with Gasteiger partial charge in [0.25, 0.3) is 5.91 Å². The van der Waals surface area contributed by atoms with Gasteiger partial charge in [-0.25, -0.2) is 0 Å². The van der Waals surface area contributed by atoms with Crippen LogP contribution in [0, 0.1) is 5.92 Å². The van der Waals surface area contributed by atoms with Crippen LogP contribution in [-0.2, 0) is 4.79 Å². The summed E-state index contributed by atoms with van der Waals surface area (Å²) >= 11 is 0. The van der Waals surface area contributed by atoms with Crippen molar-refractivity contribution in [2.45, 2.75) is 46.5 Å². The maximum atomic E-state index is 11.6. The minimum Gasteiger partial charge on any atom is -0.493 e. The molecule has 1 aromatic carbocycles. The Balaban J connectivity index is 2.29. The van der Waals surface area contributed by atoms with Crippen LogP contribution in [0.15, 0.2) is 24.3 Å². The average Bonchev–Trinajstić information content (AvgIpc) is 2.51. The summed E-state index contributed by atoms with van der Waals surface area (Å²) in [7, 11) is 0. The first-order chi connectivity index (χ1) is 10.6. The van der Waals surface area contributed by atoms with Crippen LogP contribution in [-0.4, -0.2) is 25.7 Å². The van der Waals surface area contributed by atoms with Crippen molar-refractivity contribution in [2.24, 2.45) is 5.92 Å². The van der Waals surface area contributed by atoms with E-state index in [1.165, 1.54) is 19.3 Å². The highest BCUT2D eigenvalue weighted by molar-refractivity contribution is 5.77. The zero-order valence-corrected chi connectivity index (χ0v) is 14.1. The van der Waals surface area contributed by atoms with Gasteiger partial charge in [0.2, 0.25) is 0 Å². The summed E-state index contributed by atoms with van der Waals surface area (Å²) in [6.45, 7) is 7.73. The molecule has 1 aromatic rings. The van der Waals surface area contributed by atoms with E-state index in [0.29, 0.717) is 18.2 Å². The molecule has 1 N–H and O–H groups in total. The van der Waals surface area contributed by atoms with Crippen LogP contribution in [0.4, 0.5) is 0 Å². The number of benzene rings is 1. The van der Waals surface area contributed by atoms with Crippen LogP contribution in [0.2, 0.25) is 0 Å². The van der Waals surface area contributed by atoms with Crippen LogP contribution in [0.25, 0.3) is 0 Å². The predicted octanol–water partition coefficient (Wildman–Crippen LogP) is 3.80. The molecule has 4 nitrogen and oxygen atoms in total. The molecule has 0 aliphatic heterocycles. The van der Waals surface area contributed by atoms with E-state index in [2.05, 4.69) is 26.1 Å². The highest BCUT2D eigenvalue weighted by Crippen LogP contribution is 2.19. The van der Waals surface area contributed by atoms with Crippen LogP contribution < -0.4 is 14.8 Å². The largest absolute Gasteiger partial charge is 0.493 e. The van der Waals surface area contributed by atoms with Gasteiger partial charge in [-0.1, -0.05) is 46.1 Å². The van der Waals surface area contributed by atoms with E-state index < -0.39 is 0 Å². The highest BCUT2D eigenvalue weighted by atomic mass is 16.5. The molecule has 0 aliphatic rings. The van der Waals surface area contributed by atoms with Gasteiger partial charge in [-0.2, -0.15) is 0 Å². The Hall–Kier alpha value is -1.71. The molecule has 0 aliphatic carbocycles. The molecule has 1 amide bonds. The standard InChI is InChI=1S/C18H29NO3/c1-4-5-6-7-11-21-16-9-8-10-17(12-16)22-14-18(20)19-13-15(2)3/h8-10,12,15H,4-7,11,13-14H2,1-3H3,(H,19,20). The molecule has 0 bridgehead atoms. The Morgan fingerprint density at radius 1 is 1.14 bits per heavy atom. The summed E-state index contributed by atoms with van der Waals surface area (Å²) in [5.41, 5.74) is 0. The maximum Gasteiger partial charge on any atom is 0.257 e. The second-order valence-corrected chi connectivity index (χ2v) is 5.87. The zero-order valence-electron chi connectivity index (χ0n) is 14.1. The smallest absolute Gasteiger partial charge is 0.257 e. The molecular weight excluding hydrogens is 278 g/mol. The van der Waals surface area contributed by atoms with E-state index in [1.54, 1.807) is 0 Å². The molecule has 0 heterocycles. The number of carbonyl (C=O) groups excluding carboxylic acids is 1. The lowest BCUT2D eigenvalue weighted by molar-refractivity contribution is -0.123. The van der Waals surface area contributed by atoms with E-state index in [4.69, 9.17) is 9.47 Å². The monoisotopic (exact) mass is 307 g/mol. The predicted molar refractivity (Wildman–Crippen MR) is 89.4 cm³/mol.